The Bertz CT molecular complexity index is 440. The lowest BCUT2D eigenvalue weighted by molar-refractivity contribution is -0.385. The van der Waals surface area contributed by atoms with Crippen molar-refractivity contribution in [3.8, 4) is 5.75 Å². The summed E-state index contributed by atoms with van der Waals surface area (Å²) in [6.45, 7) is 5.15. The SMILES string of the molecule is CCOc1cc(C(C)=O)cc([N+](=O)[O-])c1C. The Morgan fingerprint density at radius 3 is 2.56 bits per heavy atom. The number of nitrogens with zero attached hydrogens (tertiary/aromatic N) is 1. The molecule has 0 fully saturated rings. The van der Waals surface area contributed by atoms with Gasteiger partial charge in [-0.1, -0.05) is 0 Å². The van der Waals surface area contributed by atoms with Crippen LogP contribution >= 0.6 is 0 Å². The Morgan fingerprint density at radius 1 is 1.50 bits per heavy atom. The van der Waals surface area contributed by atoms with Gasteiger partial charge in [-0.3, -0.25) is 14.9 Å². The number of ether oxygens (including phenoxy) is 1. The summed E-state index contributed by atoms with van der Waals surface area (Å²) in [6.07, 6.45) is 0. The fraction of sp³-hybridized carbons (Fsp3) is 0.364. The van der Waals surface area contributed by atoms with Gasteiger partial charge in [0, 0.05) is 11.6 Å². The van der Waals surface area contributed by atoms with Gasteiger partial charge in [-0.25, -0.2) is 0 Å². The average Bonchev–Trinajstić information content (AvgIpc) is 2.20. The predicted molar refractivity (Wildman–Crippen MR) is 59.0 cm³/mol. The number of Topliss-reactive ketones (excluding diaryl/α,β-unsaturated/α-hetero) is 1. The van der Waals surface area contributed by atoms with E-state index in [-0.39, 0.29) is 11.5 Å². The molecule has 1 aromatic carbocycles. The summed E-state index contributed by atoms with van der Waals surface area (Å²) in [7, 11) is 0. The molecule has 0 aliphatic carbocycles. The highest BCUT2D eigenvalue weighted by Crippen LogP contribution is 2.29. The van der Waals surface area contributed by atoms with Gasteiger partial charge in [0.15, 0.2) is 5.78 Å². The van der Waals surface area contributed by atoms with Crippen LogP contribution in [0.2, 0.25) is 0 Å². The van der Waals surface area contributed by atoms with Gasteiger partial charge in [0.2, 0.25) is 0 Å². The summed E-state index contributed by atoms with van der Waals surface area (Å²) in [4.78, 5) is 21.5. The lowest BCUT2D eigenvalue weighted by atomic mass is 10.1. The average molecular weight is 223 g/mol. The quantitative estimate of drug-likeness (QED) is 0.446. The second kappa shape index (κ2) is 4.74. The molecule has 0 saturated carbocycles. The minimum atomic E-state index is -0.510. The highest BCUT2D eigenvalue weighted by atomic mass is 16.6. The minimum Gasteiger partial charge on any atom is -0.493 e. The third-order valence-corrected chi connectivity index (χ3v) is 2.24. The van der Waals surface area contributed by atoms with Crippen LogP contribution < -0.4 is 4.74 Å². The van der Waals surface area contributed by atoms with Crippen LogP contribution in [0.4, 0.5) is 5.69 Å². The highest BCUT2D eigenvalue weighted by molar-refractivity contribution is 5.95. The molecule has 0 radical (unpaired) electrons. The number of hydrogen-bond donors (Lipinski definition) is 0. The molecule has 0 saturated heterocycles. The monoisotopic (exact) mass is 223 g/mol. The molecule has 0 aromatic heterocycles. The van der Waals surface area contributed by atoms with Crippen LogP contribution in [0, 0.1) is 17.0 Å². The van der Waals surface area contributed by atoms with Gasteiger partial charge < -0.3 is 4.74 Å². The third-order valence-electron chi connectivity index (χ3n) is 2.24. The molecule has 1 aromatic rings. The molecule has 0 bridgehead atoms. The fourth-order valence-corrected chi connectivity index (χ4v) is 1.37. The van der Waals surface area contributed by atoms with Gasteiger partial charge in [0.05, 0.1) is 17.1 Å². The molecule has 0 amide bonds. The smallest absolute Gasteiger partial charge is 0.276 e. The zero-order chi connectivity index (χ0) is 12.3. The molecule has 86 valence electrons. The highest BCUT2D eigenvalue weighted by Gasteiger charge is 2.18. The van der Waals surface area contributed by atoms with Gasteiger partial charge in [-0.2, -0.15) is 0 Å². The molecular weight excluding hydrogens is 210 g/mol. The van der Waals surface area contributed by atoms with E-state index in [1.54, 1.807) is 13.8 Å². The first kappa shape index (κ1) is 12.2. The number of benzene rings is 1. The number of ketones is 1. The van der Waals surface area contributed by atoms with Crippen LogP contribution in [0.5, 0.6) is 5.75 Å². The second-order valence-electron chi connectivity index (χ2n) is 3.36. The fourth-order valence-electron chi connectivity index (χ4n) is 1.37. The predicted octanol–water partition coefficient (Wildman–Crippen LogP) is 2.50. The second-order valence-corrected chi connectivity index (χ2v) is 3.36. The summed E-state index contributed by atoms with van der Waals surface area (Å²) >= 11 is 0. The normalized spacial score (nSPS) is 9.94. The molecular formula is C11H13NO4. The van der Waals surface area contributed by atoms with Crippen molar-refractivity contribution in [3.63, 3.8) is 0 Å². The van der Waals surface area contributed by atoms with Crippen LogP contribution in [0.15, 0.2) is 12.1 Å². The largest absolute Gasteiger partial charge is 0.493 e. The number of carbonyl (C=O) groups is 1. The summed E-state index contributed by atoms with van der Waals surface area (Å²) < 4.78 is 5.26. The molecule has 0 N–H and O–H groups in total. The number of rotatable bonds is 4. The van der Waals surface area contributed by atoms with E-state index in [0.717, 1.165) is 0 Å². The molecule has 16 heavy (non-hydrogen) atoms. The minimum absolute atomic E-state index is 0.0869. The van der Waals surface area contributed by atoms with Crippen molar-refractivity contribution in [2.75, 3.05) is 6.61 Å². The number of nitro groups is 1. The zero-order valence-corrected chi connectivity index (χ0v) is 9.44. The van der Waals surface area contributed by atoms with Crippen LogP contribution in [0.1, 0.15) is 29.8 Å². The van der Waals surface area contributed by atoms with E-state index in [1.165, 1.54) is 19.1 Å². The van der Waals surface area contributed by atoms with E-state index < -0.39 is 4.92 Å². The maximum atomic E-state index is 11.2. The van der Waals surface area contributed by atoms with Crippen LogP contribution in [0.25, 0.3) is 0 Å². The lowest BCUT2D eigenvalue weighted by Gasteiger charge is -2.08. The molecule has 0 aliphatic rings. The van der Waals surface area contributed by atoms with Crippen molar-refractivity contribution in [2.45, 2.75) is 20.8 Å². The maximum absolute atomic E-state index is 11.2. The van der Waals surface area contributed by atoms with Crippen molar-refractivity contribution in [1.82, 2.24) is 0 Å². The molecule has 5 nitrogen and oxygen atoms in total. The van der Waals surface area contributed by atoms with Crippen molar-refractivity contribution < 1.29 is 14.5 Å². The van der Waals surface area contributed by atoms with E-state index in [2.05, 4.69) is 0 Å². The summed E-state index contributed by atoms with van der Waals surface area (Å²) in [5, 5.41) is 10.8. The Hall–Kier alpha value is -1.91. The lowest BCUT2D eigenvalue weighted by Crippen LogP contribution is -2.02. The van der Waals surface area contributed by atoms with Gasteiger partial charge in [0.1, 0.15) is 5.75 Å². The van der Waals surface area contributed by atoms with Crippen LogP contribution in [0.3, 0.4) is 0 Å². The summed E-state index contributed by atoms with van der Waals surface area (Å²) in [6, 6.07) is 2.81. The third kappa shape index (κ3) is 2.36. The van der Waals surface area contributed by atoms with E-state index in [4.69, 9.17) is 4.74 Å². The van der Waals surface area contributed by atoms with Crippen molar-refractivity contribution in [2.24, 2.45) is 0 Å². The standard InChI is InChI=1S/C11H13NO4/c1-4-16-11-6-9(8(3)13)5-10(7(11)2)12(14)15/h5-6H,4H2,1-3H3. The molecule has 0 aliphatic heterocycles. The van der Waals surface area contributed by atoms with Crippen molar-refractivity contribution in [3.05, 3.63) is 33.4 Å². The van der Waals surface area contributed by atoms with Crippen molar-refractivity contribution >= 4 is 11.5 Å². The Balaban J connectivity index is 3.38. The topological polar surface area (TPSA) is 69.4 Å². The number of hydrogen-bond acceptors (Lipinski definition) is 4. The Labute approximate surface area is 93.2 Å². The van der Waals surface area contributed by atoms with E-state index in [1.807, 2.05) is 0 Å². The molecule has 1 rings (SSSR count). The number of nitro benzene ring substituents is 1. The first-order valence-corrected chi connectivity index (χ1v) is 4.90. The van der Waals surface area contributed by atoms with E-state index >= 15 is 0 Å². The zero-order valence-electron chi connectivity index (χ0n) is 9.44. The van der Waals surface area contributed by atoms with Crippen LogP contribution in [-0.2, 0) is 0 Å². The molecule has 0 heterocycles. The molecule has 0 unspecified atom stereocenters. The van der Waals surface area contributed by atoms with E-state index in [9.17, 15) is 14.9 Å². The molecule has 0 atom stereocenters. The van der Waals surface area contributed by atoms with Gasteiger partial charge in [0.25, 0.3) is 5.69 Å². The van der Waals surface area contributed by atoms with Gasteiger partial charge in [-0.15, -0.1) is 0 Å². The first-order chi connectivity index (χ1) is 7.47. The summed E-state index contributed by atoms with van der Waals surface area (Å²) in [5.74, 6) is 0.172. The van der Waals surface area contributed by atoms with E-state index in [0.29, 0.717) is 23.5 Å². The maximum Gasteiger partial charge on any atom is 0.276 e. The van der Waals surface area contributed by atoms with Crippen LogP contribution in [-0.4, -0.2) is 17.3 Å². The Morgan fingerprint density at radius 2 is 2.12 bits per heavy atom. The summed E-state index contributed by atoms with van der Waals surface area (Å²) in [5.41, 5.74) is 0.647. The van der Waals surface area contributed by atoms with Crippen molar-refractivity contribution in [1.29, 1.82) is 0 Å². The number of carbonyl (C=O) groups excluding carboxylic acids is 1. The van der Waals surface area contributed by atoms with Gasteiger partial charge in [-0.05, 0) is 26.8 Å². The molecule has 0 spiro atoms. The first-order valence-electron chi connectivity index (χ1n) is 4.90. The Kier molecular flexibility index (Phi) is 3.60. The van der Waals surface area contributed by atoms with Gasteiger partial charge >= 0.3 is 0 Å². The molecule has 5 heteroatoms.